The van der Waals surface area contributed by atoms with Crippen LogP contribution >= 0.6 is 0 Å². The Kier molecular flexibility index (Phi) is 5.07. The second kappa shape index (κ2) is 7.70. The van der Waals surface area contributed by atoms with E-state index in [2.05, 4.69) is 5.10 Å². The summed E-state index contributed by atoms with van der Waals surface area (Å²) in [6.07, 6.45) is 0.534. The average molecular weight is 416 g/mol. The van der Waals surface area contributed by atoms with Crippen molar-refractivity contribution in [3.8, 4) is 0 Å². The number of hydrogen-bond donors (Lipinski definition) is 0. The highest BCUT2D eigenvalue weighted by Crippen LogP contribution is 2.40. The van der Waals surface area contributed by atoms with Crippen molar-refractivity contribution >= 4 is 17.7 Å². The highest BCUT2D eigenvalue weighted by Gasteiger charge is 2.38. The van der Waals surface area contributed by atoms with Crippen molar-refractivity contribution in [3.05, 3.63) is 100 Å². The average Bonchev–Trinajstić information content (AvgIpc) is 3.22. The van der Waals surface area contributed by atoms with E-state index in [-0.39, 0.29) is 6.42 Å². The van der Waals surface area contributed by atoms with Gasteiger partial charge < -0.3 is 0 Å². The smallest absolute Gasteiger partial charge is 0.200 e. The highest BCUT2D eigenvalue weighted by molar-refractivity contribution is 6.03. The quantitative estimate of drug-likeness (QED) is 0.242. The van der Waals surface area contributed by atoms with Crippen LogP contribution in [0.2, 0.25) is 0 Å². The van der Waals surface area contributed by atoms with Crippen LogP contribution in [0.1, 0.15) is 33.9 Å². The number of anilines is 1. The third kappa shape index (κ3) is 3.24. The van der Waals surface area contributed by atoms with Gasteiger partial charge in [-0.05, 0) is 29.8 Å². The minimum Gasteiger partial charge on any atom is -0.298 e. The van der Waals surface area contributed by atoms with Crippen molar-refractivity contribution in [2.75, 3.05) is 5.01 Å². The van der Waals surface area contributed by atoms with Gasteiger partial charge in [-0.15, -0.1) is 0 Å². The van der Waals surface area contributed by atoms with Gasteiger partial charge in [-0.25, -0.2) is 22.0 Å². The van der Waals surface area contributed by atoms with E-state index >= 15 is 0 Å². The number of hydrogen-bond acceptors (Lipinski definition) is 3. The van der Waals surface area contributed by atoms with Crippen LogP contribution in [0.3, 0.4) is 0 Å². The first-order valence-electron chi connectivity index (χ1n) is 8.91. The lowest BCUT2D eigenvalue weighted by molar-refractivity contribution is 0.112. The number of nitrogens with zero attached hydrogens (tertiary/aromatic N) is 2. The molecule has 0 spiro atoms. The lowest BCUT2D eigenvalue weighted by atomic mass is 9.96. The number of carbonyl (C=O) groups is 1. The van der Waals surface area contributed by atoms with Crippen LogP contribution in [0.4, 0.5) is 27.6 Å². The van der Waals surface area contributed by atoms with E-state index in [0.717, 1.165) is 0 Å². The van der Waals surface area contributed by atoms with Gasteiger partial charge in [0.1, 0.15) is 6.29 Å². The normalized spacial score (nSPS) is 16.0. The Hall–Kier alpha value is -3.55. The highest BCUT2D eigenvalue weighted by atomic mass is 19.2. The molecule has 3 aromatic carbocycles. The molecule has 1 unspecified atom stereocenters. The summed E-state index contributed by atoms with van der Waals surface area (Å²) in [7, 11) is 0. The maximum Gasteiger partial charge on any atom is 0.200 e. The maximum absolute atomic E-state index is 14.5. The molecule has 1 heterocycles. The minimum absolute atomic E-state index is 0.0855. The van der Waals surface area contributed by atoms with Gasteiger partial charge in [-0.3, -0.25) is 9.80 Å². The number of rotatable bonds is 4. The van der Waals surface area contributed by atoms with Gasteiger partial charge in [0, 0.05) is 12.0 Å². The molecule has 0 saturated heterocycles. The zero-order valence-corrected chi connectivity index (χ0v) is 15.3. The Labute approximate surface area is 168 Å². The summed E-state index contributed by atoms with van der Waals surface area (Å²) in [4.78, 5) is 10.9. The molecule has 30 heavy (non-hydrogen) atoms. The number of carbonyl (C=O) groups excluding carboxylic acids is 1. The molecule has 152 valence electrons. The summed E-state index contributed by atoms with van der Waals surface area (Å²) in [5, 5.41) is 5.60. The zero-order chi connectivity index (χ0) is 21.4. The lowest BCUT2D eigenvalue weighted by Crippen LogP contribution is -2.23. The summed E-state index contributed by atoms with van der Waals surface area (Å²) in [6.45, 7) is 0. The molecular weight excluding hydrogens is 403 g/mol. The Morgan fingerprint density at radius 3 is 1.93 bits per heavy atom. The van der Waals surface area contributed by atoms with Crippen molar-refractivity contribution in [2.45, 2.75) is 12.5 Å². The summed E-state index contributed by atoms with van der Waals surface area (Å²) < 4.78 is 70.3. The molecule has 0 aromatic heterocycles. The van der Waals surface area contributed by atoms with Gasteiger partial charge in [0.15, 0.2) is 23.3 Å². The van der Waals surface area contributed by atoms with Crippen molar-refractivity contribution in [1.29, 1.82) is 0 Å². The van der Waals surface area contributed by atoms with E-state index in [9.17, 15) is 26.7 Å². The van der Waals surface area contributed by atoms with Gasteiger partial charge >= 0.3 is 0 Å². The summed E-state index contributed by atoms with van der Waals surface area (Å²) >= 11 is 0. The molecule has 3 aromatic rings. The van der Waals surface area contributed by atoms with Gasteiger partial charge in [0.25, 0.3) is 0 Å². The third-order valence-corrected chi connectivity index (χ3v) is 4.89. The molecular formula is C22H13F5N2O. The Balaban J connectivity index is 1.87. The van der Waals surface area contributed by atoms with Crippen LogP contribution in [-0.2, 0) is 0 Å². The number of hydrazone groups is 1. The molecule has 0 N–H and O–H groups in total. The zero-order valence-electron chi connectivity index (χ0n) is 15.3. The molecule has 1 aliphatic rings. The number of benzene rings is 3. The number of halogens is 5. The minimum atomic E-state index is -2.21. The molecule has 0 saturated carbocycles. The molecule has 0 aliphatic carbocycles. The first-order valence-corrected chi connectivity index (χ1v) is 8.91. The topological polar surface area (TPSA) is 32.7 Å². The van der Waals surface area contributed by atoms with Crippen molar-refractivity contribution < 1.29 is 26.7 Å². The molecule has 0 amide bonds. The SMILES string of the molecule is O=Cc1ccc(N2N=C(c3ccccc3)CC2c2c(F)c(F)c(F)c(F)c2F)cc1. The van der Waals surface area contributed by atoms with Gasteiger partial charge in [0.2, 0.25) is 5.82 Å². The first-order chi connectivity index (χ1) is 14.4. The standard InChI is InChI=1S/C22H13F5N2O/c23-18-17(19(24)21(26)22(27)20(18)25)16-10-15(13-4-2-1-3-5-13)28-29(16)14-8-6-12(11-30)7-9-14/h1-9,11,16H,10H2. The molecule has 4 rings (SSSR count). The third-order valence-electron chi connectivity index (χ3n) is 4.89. The molecule has 8 heteroatoms. The molecule has 0 fully saturated rings. The van der Waals surface area contributed by atoms with Crippen LogP contribution in [0.5, 0.6) is 0 Å². The molecule has 0 bridgehead atoms. The summed E-state index contributed by atoms with van der Waals surface area (Å²) in [5.74, 6) is -10.0. The van der Waals surface area contributed by atoms with E-state index in [1.165, 1.54) is 29.3 Å². The van der Waals surface area contributed by atoms with Crippen molar-refractivity contribution in [2.24, 2.45) is 5.10 Å². The Morgan fingerprint density at radius 2 is 1.37 bits per heavy atom. The fourth-order valence-corrected chi connectivity index (χ4v) is 3.40. The van der Waals surface area contributed by atoms with Crippen LogP contribution < -0.4 is 5.01 Å². The molecule has 1 aliphatic heterocycles. The van der Waals surface area contributed by atoms with Crippen LogP contribution in [0, 0.1) is 29.1 Å². The van der Waals surface area contributed by atoms with Crippen LogP contribution in [0.25, 0.3) is 0 Å². The fourth-order valence-electron chi connectivity index (χ4n) is 3.40. The lowest BCUT2D eigenvalue weighted by Gasteiger charge is -2.25. The maximum atomic E-state index is 14.5. The van der Waals surface area contributed by atoms with E-state index in [0.29, 0.717) is 28.8 Å². The Bertz CT molecular complexity index is 1120. The van der Waals surface area contributed by atoms with Gasteiger partial charge in [-0.2, -0.15) is 5.10 Å². The van der Waals surface area contributed by atoms with E-state index in [4.69, 9.17) is 0 Å². The van der Waals surface area contributed by atoms with Crippen LogP contribution in [0.15, 0.2) is 59.7 Å². The predicted octanol–water partition coefficient (Wildman–Crippen LogP) is 5.55. The van der Waals surface area contributed by atoms with Crippen LogP contribution in [-0.4, -0.2) is 12.0 Å². The molecule has 0 radical (unpaired) electrons. The van der Waals surface area contributed by atoms with Crippen molar-refractivity contribution in [1.82, 2.24) is 0 Å². The molecule has 1 atom stereocenters. The van der Waals surface area contributed by atoms with E-state index in [1.807, 2.05) is 0 Å². The number of aldehydes is 1. The van der Waals surface area contributed by atoms with Crippen molar-refractivity contribution in [3.63, 3.8) is 0 Å². The molecule has 3 nitrogen and oxygen atoms in total. The summed E-state index contributed by atoms with van der Waals surface area (Å²) in [6, 6.07) is 13.4. The van der Waals surface area contributed by atoms with Gasteiger partial charge in [0.05, 0.1) is 23.0 Å². The van der Waals surface area contributed by atoms with Gasteiger partial charge in [-0.1, -0.05) is 30.3 Å². The second-order valence-electron chi connectivity index (χ2n) is 6.67. The first kappa shape index (κ1) is 19.8. The second-order valence-corrected chi connectivity index (χ2v) is 6.67. The van der Waals surface area contributed by atoms with E-state index in [1.54, 1.807) is 30.3 Å². The monoisotopic (exact) mass is 416 g/mol. The predicted molar refractivity (Wildman–Crippen MR) is 101 cm³/mol. The van der Waals surface area contributed by atoms with E-state index < -0.39 is 40.7 Å². The fraction of sp³-hybridized carbons (Fsp3) is 0.0909. The largest absolute Gasteiger partial charge is 0.298 e. The Morgan fingerprint density at radius 1 is 0.800 bits per heavy atom. The summed E-state index contributed by atoms with van der Waals surface area (Å²) in [5.41, 5.74) is 0.807.